The number of nitrogens with one attached hydrogen (secondary N) is 2. The Hall–Kier alpha value is -4.40. The Labute approximate surface area is 236 Å². The van der Waals surface area contributed by atoms with Gasteiger partial charge in [-0.15, -0.1) is 0 Å². The van der Waals surface area contributed by atoms with E-state index in [1.54, 1.807) is 18.3 Å². The number of anilines is 2. The molecular formula is C31H39N5O4. The molecule has 0 saturated heterocycles. The van der Waals surface area contributed by atoms with Crippen molar-refractivity contribution in [1.82, 2.24) is 10.3 Å². The number of aliphatic imine (C=N–C) groups is 1. The maximum absolute atomic E-state index is 13.0. The lowest BCUT2D eigenvalue weighted by molar-refractivity contribution is -0.107. The normalized spacial score (nSPS) is 10.9. The second kappa shape index (κ2) is 14.7. The molecule has 0 fully saturated rings. The number of aryl methyl sites for hydroxylation is 1. The number of carbonyl (C=O) groups excluding carboxylic acids is 2. The van der Waals surface area contributed by atoms with Crippen LogP contribution in [0.25, 0.3) is 11.3 Å². The first-order valence-corrected chi connectivity index (χ1v) is 13.5. The third kappa shape index (κ3) is 7.37. The van der Waals surface area contributed by atoms with E-state index in [0.717, 1.165) is 40.8 Å². The Kier molecular flexibility index (Phi) is 11.1. The molecule has 9 heteroatoms. The fourth-order valence-electron chi connectivity index (χ4n) is 4.38. The highest BCUT2D eigenvalue weighted by Crippen LogP contribution is 2.34. The molecule has 0 spiro atoms. The summed E-state index contributed by atoms with van der Waals surface area (Å²) >= 11 is 0. The lowest BCUT2D eigenvalue weighted by Crippen LogP contribution is -2.26. The van der Waals surface area contributed by atoms with Gasteiger partial charge < -0.3 is 30.6 Å². The molecule has 40 heavy (non-hydrogen) atoms. The van der Waals surface area contributed by atoms with E-state index in [9.17, 15) is 9.59 Å². The van der Waals surface area contributed by atoms with Gasteiger partial charge in [0, 0.05) is 67.3 Å². The molecule has 9 nitrogen and oxygen atoms in total. The van der Waals surface area contributed by atoms with Crippen molar-refractivity contribution >= 4 is 29.8 Å². The third-order valence-electron chi connectivity index (χ3n) is 6.36. The van der Waals surface area contributed by atoms with Crippen LogP contribution in [0.5, 0.6) is 11.5 Å². The van der Waals surface area contributed by atoms with Crippen LogP contribution in [0, 0.1) is 6.92 Å². The van der Waals surface area contributed by atoms with E-state index >= 15 is 0 Å². The van der Waals surface area contributed by atoms with Crippen molar-refractivity contribution in [1.29, 1.82) is 0 Å². The predicted octanol–water partition coefficient (Wildman–Crippen LogP) is 4.63. The number of nitrogen functional groups attached to an aromatic ring is 1. The fraction of sp³-hybridized carbons (Fsp3) is 0.355. The van der Waals surface area contributed by atoms with Gasteiger partial charge >= 0.3 is 0 Å². The van der Waals surface area contributed by atoms with E-state index in [1.807, 2.05) is 52.1 Å². The van der Waals surface area contributed by atoms with Crippen molar-refractivity contribution in [2.45, 2.75) is 40.0 Å². The van der Waals surface area contributed by atoms with Crippen LogP contribution in [0.2, 0.25) is 0 Å². The van der Waals surface area contributed by atoms with Crippen molar-refractivity contribution < 1.29 is 19.1 Å². The summed E-state index contributed by atoms with van der Waals surface area (Å²) in [7, 11) is 3.35. The highest BCUT2D eigenvalue weighted by atomic mass is 16.5. The van der Waals surface area contributed by atoms with Gasteiger partial charge in [-0.1, -0.05) is 13.0 Å². The van der Waals surface area contributed by atoms with Gasteiger partial charge in [0.2, 0.25) is 0 Å². The molecule has 0 aliphatic heterocycles. The van der Waals surface area contributed by atoms with Crippen molar-refractivity contribution in [2.75, 3.05) is 44.9 Å². The van der Waals surface area contributed by atoms with Crippen LogP contribution in [0.4, 0.5) is 11.4 Å². The van der Waals surface area contributed by atoms with Crippen LogP contribution < -0.4 is 25.8 Å². The molecule has 212 valence electrons. The first-order valence-electron chi connectivity index (χ1n) is 13.5. The summed E-state index contributed by atoms with van der Waals surface area (Å²) in [5.74, 6) is 0.889. The summed E-state index contributed by atoms with van der Waals surface area (Å²) in [5.41, 5.74) is 12.8. The summed E-state index contributed by atoms with van der Waals surface area (Å²) in [4.78, 5) is 33.5. The zero-order valence-corrected chi connectivity index (χ0v) is 24.0. The molecule has 1 amide bonds. The number of nitrogens with zero attached hydrogens (tertiary/aromatic N) is 2. The van der Waals surface area contributed by atoms with Crippen LogP contribution in [-0.4, -0.2) is 57.2 Å². The lowest BCUT2D eigenvalue weighted by atomic mass is 10.0. The number of hydrogen-bond donors (Lipinski definition) is 3. The fourth-order valence-corrected chi connectivity index (χ4v) is 4.38. The van der Waals surface area contributed by atoms with Crippen LogP contribution >= 0.6 is 0 Å². The number of amides is 1. The SMILES string of the molecule is CCCN=Cc1cc(C(=O)NCCc2cc(C)c(OCC)c(-c3ccc(NC)c(CC=O)c3)n2)cc(OC)c1N. The van der Waals surface area contributed by atoms with E-state index in [1.165, 1.54) is 7.11 Å². The molecule has 1 heterocycles. The summed E-state index contributed by atoms with van der Waals surface area (Å²) in [6.07, 6.45) is 4.28. The maximum Gasteiger partial charge on any atom is 0.251 e. The quantitative estimate of drug-likeness (QED) is 0.153. The van der Waals surface area contributed by atoms with Crippen molar-refractivity contribution in [3.63, 3.8) is 0 Å². The van der Waals surface area contributed by atoms with Crippen molar-refractivity contribution in [3.05, 3.63) is 64.3 Å². The molecule has 3 aromatic rings. The number of benzene rings is 2. The largest absolute Gasteiger partial charge is 0.495 e. The maximum atomic E-state index is 13.0. The number of methoxy groups -OCH3 is 1. The molecule has 1 aromatic heterocycles. The van der Waals surface area contributed by atoms with E-state index in [0.29, 0.717) is 66.5 Å². The Morgan fingerprint density at radius 3 is 2.65 bits per heavy atom. The molecule has 0 bridgehead atoms. The van der Waals surface area contributed by atoms with Crippen LogP contribution in [0.15, 0.2) is 41.4 Å². The second-order valence-electron chi connectivity index (χ2n) is 9.26. The van der Waals surface area contributed by atoms with Gasteiger partial charge in [0.1, 0.15) is 23.5 Å². The average Bonchev–Trinajstić information content (AvgIpc) is 2.95. The van der Waals surface area contributed by atoms with Crippen molar-refractivity contribution in [2.24, 2.45) is 4.99 Å². The summed E-state index contributed by atoms with van der Waals surface area (Å²) < 4.78 is 11.3. The molecule has 3 rings (SSSR count). The molecular weight excluding hydrogens is 506 g/mol. The number of hydrogen-bond acceptors (Lipinski definition) is 8. The first-order chi connectivity index (χ1) is 19.4. The van der Waals surface area contributed by atoms with Gasteiger partial charge in [-0.05, 0) is 61.7 Å². The number of rotatable bonds is 14. The molecule has 0 unspecified atom stereocenters. The highest BCUT2D eigenvalue weighted by Gasteiger charge is 2.17. The van der Waals surface area contributed by atoms with Gasteiger partial charge in [0.25, 0.3) is 5.91 Å². The summed E-state index contributed by atoms with van der Waals surface area (Å²) in [5, 5.41) is 6.10. The van der Waals surface area contributed by atoms with Crippen LogP contribution in [-0.2, 0) is 17.6 Å². The number of ether oxygens (including phenoxy) is 2. The van der Waals surface area contributed by atoms with Crippen LogP contribution in [0.1, 0.15) is 53.0 Å². The zero-order chi connectivity index (χ0) is 29.1. The minimum atomic E-state index is -0.243. The van der Waals surface area contributed by atoms with Gasteiger partial charge in [-0.3, -0.25) is 9.79 Å². The second-order valence-corrected chi connectivity index (χ2v) is 9.26. The molecule has 0 aliphatic rings. The number of pyridine rings is 1. The standard InChI is InChI=1S/C31H39N5O4/c1-6-12-34-19-24-17-23(18-27(39-5)28(24)32)31(38)35-13-10-25-15-20(3)30(40-7-2)29(36-25)22-8-9-26(33-4)21(16-22)11-14-37/h8-9,14-19,33H,6-7,10-13,32H2,1-5H3,(H,35,38). The Balaban J connectivity index is 1.84. The van der Waals surface area contributed by atoms with E-state index < -0.39 is 0 Å². The summed E-state index contributed by atoms with van der Waals surface area (Å²) in [6.45, 7) is 7.50. The van der Waals surface area contributed by atoms with Gasteiger partial charge in [-0.25, -0.2) is 4.98 Å². The number of nitrogens with two attached hydrogens (primary N) is 1. The van der Waals surface area contributed by atoms with Crippen molar-refractivity contribution in [3.8, 4) is 22.8 Å². The molecule has 0 radical (unpaired) electrons. The lowest BCUT2D eigenvalue weighted by Gasteiger charge is -2.16. The van der Waals surface area contributed by atoms with Gasteiger partial charge in [0.15, 0.2) is 0 Å². The highest BCUT2D eigenvalue weighted by molar-refractivity contribution is 5.99. The third-order valence-corrected chi connectivity index (χ3v) is 6.36. The predicted molar refractivity (Wildman–Crippen MR) is 161 cm³/mol. The van der Waals surface area contributed by atoms with E-state index in [4.69, 9.17) is 20.2 Å². The molecule has 2 aromatic carbocycles. The average molecular weight is 546 g/mol. The molecule has 0 atom stereocenters. The molecule has 4 N–H and O–H groups in total. The molecule has 0 aliphatic carbocycles. The zero-order valence-electron chi connectivity index (χ0n) is 24.0. The van der Waals surface area contributed by atoms with E-state index in [2.05, 4.69) is 15.6 Å². The first kappa shape index (κ1) is 30.1. The minimum Gasteiger partial charge on any atom is -0.495 e. The Bertz CT molecular complexity index is 1370. The Morgan fingerprint density at radius 1 is 1.18 bits per heavy atom. The smallest absolute Gasteiger partial charge is 0.251 e. The van der Waals surface area contributed by atoms with Gasteiger partial charge in [-0.2, -0.15) is 0 Å². The minimum absolute atomic E-state index is 0.243. The van der Waals surface area contributed by atoms with Gasteiger partial charge in [0.05, 0.1) is 19.4 Å². The number of aldehydes is 1. The summed E-state index contributed by atoms with van der Waals surface area (Å²) in [6, 6.07) is 11.2. The van der Waals surface area contributed by atoms with E-state index in [-0.39, 0.29) is 5.91 Å². The Morgan fingerprint density at radius 2 is 1.98 bits per heavy atom. The number of aromatic nitrogens is 1. The topological polar surface area (TPSA) is 128 Å². The van der Waals surface area contributed by atoms with Crippen LogP contribution in [0.3, 0.4) is 0 Å². The number of carbonyl (C=O) groups is 2. The molecule has 0 saturated carbocycles. The monoisotopic (exact) mass is 545 g/mol.